The van der Waals surface area contributed by atoms with Gasteiger partial charge in [0.1, 0.15) is 5.82 Å². The Morgan fingerprint density at radius 1 is 1.47 bits per heavy atom. The Bertz CT molecular complexity index is 354. The second-order valence-corrected chi connectivity index (χ2v) is 4.68. The maximum absolute atomic E-state index is 9.09. The Labute approximate surface area is 102 Å². The van der Waals surface area contributed by atoms with Gasteiger partial charge in [-0.05, 0) is 31.9 Å². The van der Waals surface area contributed by atoms with Crippen molar-refractivity contribution in [1.82, 2.24) is 9.88 Å². The smallest absolute Gasteiger partial charge is 0.127 e. The van der Waals surface area contributed by atoms with E-state index in [0.29, 0.717) is 11.9 Å². The Hall–Kier alpha value is -1.13. The predicted octanol–water partition coefficient (Wildman–Crippen LogP) is 1.40. The lowest BCUT2D eigenvalue weighted by Gasteiger charge is -2.35. The van der Waals surface area contributed by atoms with Crippen molar-refractivity contribution in [2.75, 3.05) is 18.9 Å². The molecule has 0 amide bonds. The van der Waals surface area contributed by atoms with Gasteiger partial charge in [-0.25, -0.2) is 4.98 Å². The number of aromatic nitrogens is 1. The molecule has 1 saturated heterocycles. The number of nitrogens with two attached hydrogens (primary N) is 1. The van der Waals surface area contributed by atoms with Gasteiger partial charge in [-0.15, -0.1) is 0 Å². The number of anilines is 1. The molecule has 1 aromatic heterocycles. The van der Waals surface area contributed by atoms with Gasteiger partial charge >= 0.3 is 0 Å². The minimum Gasteiger partial charge on any atom is -0.396 e. The van der Waals surface area contributed by atoms with Crippen LogP contribution in [-0.2, 0) is 6.54 Å². The third kappa shape index (κ3) is 3.17. The molecule has 4 heteroatoms. The van der Waals surface area contributed by atoms with Gasteiger partial charge in [0.25, 0.3) is 0 Å². The van der Waals surface area contributed by atoms with Crippen LogP contribution in [0.15, 0.2) is 18.3 Å². The van der Waals surface area contributed by atoms with Crippen LogP contribution < -0.4 is 5.73 Å². The lowest BCUT2D eigenvalue weighted by atomic mass is 9.99. The number of likely N-dealkylation sites (tertiary alicyclic amines) is 1. The first-order valence-corrected chi connectivity index (χ1v) is 6.35. The molecule has 1 unspecified atom stereocenters. The highest BCUT2D eigenvalue weighted by atomic mass is 16.3. The van der Waals surface area contributed by atoms with Crippen LogP contribution in [-0.4, -0.2) is 34.2 Å². The molecule has 0 saturated carbocycles. The Balaban J connectivity index is 2.03. The Morgan fingerprint density at radius 2 is 2.35 bits per heavy atom. The van der Waals surface area contributed by atoms with Crippen LogP contribution >= 0.6 is 0 Å². The average molecular weight is 235 g/mol. The maximum Gasteiger partial charge on any atom is 0.127 e. The molecule has 1 aromatic rings. The first-order chi connectivity index (χ1) is 8.31. The van der Waals surface area contributed by atoms with Gasteiger partial charge in [0.05, 0.1) is 0 Å². The highest BCUT2D eigenvalue weighted by molar-refractivity contribution is 5.38. The van der Waals surface area contributed by atoms with Crippen LogP contribution in [0.3, 0.4) is 0 Å². The highest BCUT2D eigenvalue weighted by Gasteiger charge is 2.22. The molecule has 1 atom stereocenters. The molecule has 94 valence electrons. The zero-order valence-electron chi connectivity index (χ0n) is 10.2. The molecule has 3 N–H and O–H groups in total. The quantitative estimate of drug-likeness (QED) is 0.828. The van der Waals surface area contributed by atoms with Gasteiger partial charge in [-0.2, -0.15) is 0 Å². The number of aliphatic hydroxyl groups excluding tert-OH is 1. The molecule has 0 radical (unpaired) electrons. The number of pyridine rings is 1. The van der Waals surface area contributed by atoms with E-state index in [1.165, 1.54) is 19.3 Å². The van der Waals surface area contributed by atoms with Crippen LogP contribution in [0.5, 0.6) is 0 Å². The third-order valence-corrected chi connectivity index (χ3v) is 3.51. The summed E-state index contributed by atoms with van der Waals surface area (Å²) >= 11 is 0. The fourth-order valence-electron chi connectivity index (χ4n) is 2.55. The average Bonchev–Trinajstić information content (AvgIpc) is 2.35. The van der Waals surface area contributed by atoms with Crippen LogP contribution in [0.2, 0.25) is 0 Å². The summed E-state index contributed by atoms with van der Waals surface area (Å²) in [4.78, 5) is 6.54. The minimum atomic E-state index is 0.268. The summed E-state index contributed by atoms with van der Waals surface area (Å²) < 4.78 is 0. The third-order valence-electron chi connectivity index (χ3n) is 3.51. The second-order valence-electron chi connectivity index (χ2n) is 4.68. The zero-order chi connectivity index (χ0) is 12.1. The van der Waals surface area contributed by atoms with E-state index < -0.39 is 0 Å². The van der Waals surface area contributed by atoms with Crippen molar-refractivity contribution in [3.05, 3.63) is 23.9 Å². The van der Waals surface area contributed by atoms with Gasteiger partial charge in [0.15, 0.2) is 0 Å². The summed E-state index contributed by atoms with van der Waals surface area (Å²) in [5.41, 5.74) is 6.96. The molecule has 2 heterocycles. The van der Waals surface area contributed by atoms with E-state index in [1.54, 1.807) is 6.20 Å². The van der Waals surface area contributed by atoms with Crippen LogP contribution in [0.25, 0.3) is 0 Å². The number of nitrogen functional groups attached to an aromatic ring is 1. The SMILES string of the molecule is Nc1ncccc1CN1CCCCC1CCO. The summed E-state index contributed by atoms with van der Waals surface area (Å²) in [6, 6.07) is 4.46. The standard InChI is InChI=1S/C13H21N3O/c14-13-11(4-3-7-15-13)10-16-8-2-1-5-12(16)6-9-17/h3-4,7,12,17H,1-2,5-6,8-10H2,(H2,14,15). The van der Waals surface area contributed by atoms with Crippen molar-refractivity contribution >= 4 is 5.82 Å². The summed E-state index contributed by atoms with van der Waals surface area (Å²) in [6.45, 7) is 2.22. The van der Waals surface area contributed by atoms with Crippen molar-refractivity contribution in [1.29, 1.82) is 0 Å². The van der Waals surface area contributed by atoms with Crippen molar-refractivity contribution in [3.63, 3.8) is 0 Å². The molecule has 0 bridgehead atoms. The molecule has 1 fully saturated rings. The lowest BCUT2D eigenvalue weighted by Crippen LogP contribution is -2.39. The minimum absolute atomic E-state index is 0.268. The Kier molecular flexibility index (Phi) is 4.34. The zero-order valence-corrected chi connectivity index (χ0v) is 10.2. The van der Waals surface area contributed by atoms with Gasteiger partial charge in [-0.3, -0.25) is 4.90 Å². The maximum atomic E-state index is 9.09. The van der Waals surface area contributed by atoms with E-state index in [0.717, 1.165) is 25.1 Å². The number of hydrogen-bond donors (Lipinski definition) is 2. The first kappa shape index (κ1) is 12.3. The highest BCUT2D eigenvalue weighted by Crippen LogP contribution is 2.22. The Morgan fingerprint density at radius 3 is 3.12 bits per heavy atom. The molecule has 17 heavy (non-hydrogen) atoms. The molecule has 0 aromatic carbocycles. The molecule has 0 spiro atoms. The van der Waals surface area contributed by atoms with Gasteiger partial charge in [0, 0.05) is 31.0 Å². The summed E-state index contributed by atoms with van der Waals surface area (Å²) in [6.07, 6.45) is 6.27. The fourth-order valence-corrected chi connectivity index (χ4v) is 2.55. The topological polar surface area (TPSA) is 62.4 Å². The lowest BCUT2D eigenvalue weighted by molar-refractivity contribution is 0.112. The number of nitrogens with zero attached hydrogens (tertiary/aromatic N) is 2. The van der Waals surface area contributed by atoms with E-state index in [1.807, 2.05) is 12.1 Å². The molecule has 2 rings (SSSR count). The van der Waals surface area contributed by atoms with E-state index in [4.69, 9.17) is 10.8 Å². The van der Waals surface area contributed by atoms with Gasteiger partial charge in [0.2, 0.25) is 0 Å². The summed E-state index contributed by atoms with van der Waals surface area (Å²) in [5, 5.41) is 9.09. The summed E-state index contributed by atoms with van der Waals surface area (Å²) in [5.74, 6) is 0.626. The van der Waals surface area contributed by atoms with Crippen molar-refractivity contribution in [2.45, 2.75) is 38.3 Å². The summed E-state index contributed by atoms with van der Waals surface area (Å²) in [7, 11) is 0. The molecular weight excluding hydrogens is 214 g/mol. The molecule has 1 aliphatic rings. The molecular formula is C13H21N3O. The molecule has 4 nitrogen and oxygen atoms in total. The fraction of sp³-hybridized carbons (Fsp3) is 0.615. The van der Waals surface area contributed by atoms with Crippen molar-refractivity contribution < 1.29 is 5.11 Å². The van der Waals surface area contributed by atoms with E-state index >= 15 is 0 Å². The number of aliphatic hydroxyl groups is 1. The van der Waals surface area contributed by atoms with E-state index in [2.05, 4.69) is 9.88 Å². The predicted molar refractivity (Wildman–Crippen MR) is 68.4 cm³/mol. The van der Waals surface area contributed by atoms with Crippen molar-refractivity contribution in [2.24, 2.45) is 0 Å². The van der Waals surface area contributed by atoms with Crippen LogP contribution in [0.1, 0.15) is 31.2 Å². The van der Waals surface area contributed by atoms with Gasteiger partial charge < -0.3 is 10.8 Å². The first-order valence-electron chi connectivity index (χ1n) is 6.35. The number of rotatable bonds is 4. The van der Waals surface area contributed by atoms with E-state index in [9.17, 15) is 0 Å². The second kappa shape index (κ2) is 5.98. The number of piperidine rings is 1. The normalized spacial score (nSPS) is 21.6. The molecule has 1 aliphatic heterocycles. The largest absolute Gasteiger partial charge is 0.396 e. The van der Waals surface area contributed by atoms with E-state index in [-0.39, 0.29) is 6.61 Å². The van der Waals surface area contributed by atoms with Crippen LogP contribution in [0, 0.1) is 0 Å². The number of hydrogen-bond acceptors (Lipinski definition) is 4. The monoisotopic (exact) mass is 235 g/mol. The molecule has 0 aliphatic carbocycles. The van der Waals surface area contributed by atoms with Crippen molar-refractivity contribution in [3.8, 4) is 0 Å². The van der Waals surface area contributed by atoms with Gasteiger partial charge in [-0.1, -0.05) is 12.5 Å². The van der Waals surface area contributed by atoms with Crippen LogP contribution in [0.4, 0.5) is 5.82 Å².